The molecule has 0 unspecified atom stereocenters. The number of ether oxygens (including phenoxy) is 2. The number of halogens is 1. The van der Waals surface area contributed by atoms with Crippen molar-refractivity contribution in [2.45, 2.75) is 0 Å². The standard InChI is InChI=1S/C11H12ClNO4/c1-16-8-17-11-5-4-9(3-2-6-12)7-10(11)13(14)15/h2-5,7H,6,8H2,1H3/b3-2+. The van der Waals surface area contributed by atoms with Gasteiger partial charge >= 0.3 is 5.69 Å². The number of nitro groups is 1. The maximum Gasteiger partial charge on any atom is 0.311 e. The van der Waals surface area contributed by atoms with Crippen molar-refractivity contribution in [1.29, 1.82) is 0 Å². The fraction of sp³-hybridized carbons (Fsp3) is 0.273. The fourth-order valence-electron chi connectivity index (χ4n) is 1.21. The fourth-order valence-corrected chi connectivity index (χ4v) is 1.29. The zero-order valence-corrected chi connectivity index (χ0v) is 10.0. The molecule has 0 spiro atoms. The van der Waals surface area contributed by atoms with Crippen LogP contribution in [0, 0.1) is 10.1 Å². The summed E-state index contributed by atoms with van der Waals surface area (Å²) >= 11 is 5.49. The Morgan fingerprint density at radius 2 is 2.29 bits per heavy atom. The number of hydrogen-bond acceptors (Lipinski definition) is 4. The van der Waals surface area contributed by atoms with Crippen molar-refractivity contribution in [3.63, 3.8) is 0 Å². The van der Waals surface area contributed by atoms with Gasteiger partial charge in [0.25, 0.3) is 0 Å². The van der Waals surface area contributed by atoms with Crippen LogP contribution in [0.2, 0.25) is 0 Å². The normalized spacial score (nSPS) is 10.7. The topological polar surface area (TPSA) is 61.6 Å². The maximum absolute atomic E-state index is 10.8. The molecule has 1 aromatic rings. The SMILES string of the molecule is COCOc1ccc(/C=C/CCl)cc1[N+](=O)[O-]. The Bertz CT molecular complexity index is 420. The van der Waals surface area contributed by atoms with Crippen LogP contribution in [0.25, 0.3) is 6.08 Å². The smallest absolute Gasteiger partial charge is 0.311 e. The van der Waals surface area contributed by atoms with Crippen LogP contribution in [0.5, 0.6) is 5.75 Å². The Hall–Kier alpha value is -1.59. The molecule has 0 amide bonds. The lowest BCUT2D eigenvalue weighted by Crippen LogP contribution is -2.02. The molecule has 6 heteroatoms. The second kappa shape index (κ2) is 6.88. The third kappa shape index (κ3) is 4.05. The number of alkyl halides is 1. The molecule has 0 aromatic heterocycles. The van der Waals surface area contributed by atoms with E-state index in [1.54, 1.807) is 18.2 Å². The van der Waals surface area contributed by atoms with Crippen LogP contribution in [0.1, 0.15) is 5.56 Å². The molecule has 1 aromatic carbocycles. The van der Waals surface area contributed by atoms with Crippen LogP contribution in [0.15, 0.2) is 24.3 Å². The van der Waals surface area contributed by atoms with Crippen LogP contribution in [0.4, 0.5) is 5.69 Å². The summed E-state index contributed by atoms with van der Waals surface area (Å²) in [6.07, 6.45) is 3.41. The van der Waals surface area contributed by atoms with Gasteiger partial charge in [0.1, 0.15) is 0 Å². The van der Waals surface area contributed by atoms with Crippen LogP contribution in [0.3, 0.4) is 0 Å². The Balaban J connectivity index is 2.99. The van der Waals surface area contributed by atoms with Gasteiger partial charge in [-0.05, 0) is 11.6 Å². The van der Waals surface area contributed by atoms with Gasteiger partial charge < -0.3 is 9.47 Å². The summed E-state index contributed by atoms with van der Waals surface area (Å²) in [5.74, 6) is 0.537. The molecule has 0 bridgehead atoms. The van der Waals surface area contributed by atoms with Gasteiger partial charge in [-0.15, -0.1) is 11.6 Å². The first-order chi connectivity index (χ1) is 8.19. The molecular weight excluding hydrogens is 246 g/mol. The summed E-state index contributed by atoms with van der Waals surface area (Å²) < 4.78 is 9.79. The average Bonchev–Trinajstić information content (AvgIpc) is 2.34. The number of rotatable bonds is 6. The molecule has 0 radical (unpaired) electrons. The second-order valence-electron chi connectivity index (χ2n) is 3.09. The highest BCUT2D eigenvalue weighted by Crippen LogP contribution is 2.28. The van der Waals surface area contributed by atoms with Crippen molar-refractivity contribution in [3.05, 3.63) is 40.0 Å². The van der Waals surface area contributed by atoms with E-state index in [0.29, 0.717) is 11.4 Å². The van der Waals surface area contributed by atoms with Gasteiger partial charge in [-0.3, -0.25) is 10.1 Å². The van der Waals surface area contributed by atoms with E-state index < -0.39 is 4.92 Å². The maximum atomic E-state index is 10.8. The van der Waals surface area contributed by atoms with E-state index >= 15 is 0 Å². The van der Waals surface area contributed by atoms with E-state index in [1.807, 2.05) is 0 Å². The van der Waals surface area contributed by atoms with Gasteiger partial charge in [0, 0.05) is 19.1 Å². The van der Waals surface area contributed by atoms with E-state index in [2.05, 4.69) is 0 Å². The highest BCUT2D eigenvalue weighted by Gasteiger charge is 2.15. The summed E-state index contributed by atoms with van der Waals surface area (Å²) in [5.41, 5.74) is 0.598. The Morgan fingerprint density at radius 3 is 2.88 bits per heavy atom. The van der Waals surface area contributed by atoms with E-state index in [1.165, 1.54) is 19.2 Å². The van der Waals surface area contributed by atoms with Crippen molar-refractivity contribution in [2.75, 3.05) is 19.8 Å². The number of hydrogen-bond donors (Lipinski definition) is 0. The van der Waals surface area contributed by atoms with E-state index in [9.17, 15) is 10.1 Å². The third-order valence-corrected chi connectivity index (χ3v) is 2.09. The van der Waals surface area contributed by atoms with Crippen LogP contribution >= 0.6 is 11.6 Å². The van der Waals surface area contributed by atoms with Gasteiger partial charge in [-0.2, -0.15) is 0 Å². The lowest BCUT2D eigenvalue weighted by molar-refractivity contribution is -0.386. The molecule has 0 N–H and O–H groups in total. The number of nitrogens with zero attached hydrogens (tertiary/aromatic N) is 1. The number of allylic oxidation sites excluding steroid dienone is 1. The minimum atomic E-state index is -0.497. The van der Waals surface area contributed by atoms with Crippen LogP contribution in [-0.4, -0.2) is 24.7 Å². The number of nitro benzene ring substituents is 1. The average molecular weight is 258 g/mol. The van der Waals surface area contributed by atoms with Crippen molar-refractivity contribution in [1.82, 2.24) is 0 Å². The zero-order chi connectivity index (χ0) is 12.7. The number of benzene rings is 1. The molecule has 0 saturated heterocycles. The molecule has 0 atom stereocenters. The molecular formula is C11H12ClNO4. The molecule has 0 heterocycles. The van der Waals surface area contributed by atoms with E-state index in [4.69, 9.17) is 21.1 Å². The minimum absolute atomic E-state index is 0.0301. The monoisotopic (exact) mass is 257 g/mol. The summed E-state index contributed by atoms with van der Waals surface area (Å²) in [7, 11) is 1.45. The number of methoxy groups -OCH3 is 1. The molecule has 0 fully saturated rings. The Morgan fingerprint density at radius 1 is 1.53 bits per heavy atom. The first kappa shape index (κ1) is 13.5. The lowest BCUT2D eigenvalue weighted by atomic mass is 10.2. The van der Waals surface area contributed by atoms with Gasteiger partial charge in [0.15, 0.2) is 12.5 Å². The van der Waals surface area contributed by atoms with Crippen LogP contribution in [-0.2, 0) is 4.74 Å². The lowest BCUT2D eigenvalue weighted by Gasteiger charge is -2.05. The molecule has 92 valence electrons. The first-order valence-electron chi connectivity index (χ1n) is 4.81. The summed E-state index contributed by atoms with van der Waals surface area (Å²) in [6, 6.07) is 4.67. The summed E-state index contributed by atoms with van der Waals surface area (Å²) in [4.78, 5) is 10.3. The molecule has 5 nitrogen and oxygen atoms in total. The van der Waals surface area contributed by atoms with Gasteiger partial charge in [0.2, 0.25) is 0 Å². The zero-order valence-electron chi connectivity index (χ0n) is 9.26. The highest BCUT2D eigenvalue weighted by atomic mass is 35.5. The Labute approximate surface area is 104 Å². The van der Waals surface area contributed by atoms with Gasteiger partial charge in [0.05, 0.1) is 4.92 Å². The molecule has 0 aliphatic rings. The molecule has 1 rings (SSSR count). The predicted octanol–water partition coefficient (Wildman–Crippen LogP) is 2.83. The molecule has 0 saturated carbocycles. The second-order valence-corrected chi connectivity index (χ2v) is 3.40. The first-order valence-corrected chi connectivity index (χ1v) is 5.35. The highest BCUT2D eigenvalue weighted by molar-refractivity contribution is 6.19. The largest absolute Gasteiger partial charge is 0.460 e. The molecule has 0 aliphatic heterocycles. The van der Waals surface area contributed by atoms with Crippen molar-refractivity contribution < 1.29 is 14.4 Å². The Kier molecular flexibility index (Phi) is 5.45. The van der Waals surface area contributed by atoms with Crippen LogP contribution < -0.4 is 4.74 Å². The predicted molar refractivity (Wildman–Crippen MR) is 65.4 cm³/mol. The van der Waals surface area contributed by atoms with E-state index in [-0.39, 0.29) is 18.2 Å². The quantitative estimate of drug-likeness (QED) is 0.340. The van der Waals surface area contributed by atoms with Crippen molar-refractivity contribution in [2.24, 2.45) is 0 Å². The third-order valence-electron chi connectivity index (χ3n) is 1.91. The summed E-state index contributed by atoms with van der Waals surface area (Å²) in [6.45, 7) is -0.0301. The van der Waals surface area contributed by atoms with Crippen molar-refractivity contribution >= 4 is 23.4 Å². The van der Waals surface area contributed by atoms with E-state index in [0.717, 1.165) is 0 Å². The molecule has 17 heavy (non-hydrogen) atoms. The van der Waals surface area contributed by atoms with Crippen molar-refractivity contribution in [3.8, 4) is 5.75 Å². The minimum Gasteiger partial charge on any atom is -0.460 e. The van der Waals surface area contributed by atoms with Gasteiger partial charge in [-0.1, -0.05) is 18.2 Å². The van der Waals surface area contributed by atoms with Gasteiger partial charge in [-0.25, -0.2) is 0 Å². The molecule has 0 aliphatic carbocycles. The summed E-state index contributed by atoms with van der Waals surface area (Å²) in [5, 5.41) is 10.8.